The zero-order valence-corrected chi connectivity index (χ0v) is 17.5. The zero-order valence-electron chi connectivity index (χ0n) is 17.5. The van der Waals surface area contributed by atoms with Crippen LogP contribution < -0.4 is 9.47 Å². The fourth-order valence-corrected chi connectivity index (χ4v) is 3.63. The summed E-state index contributed by atoms with van der Waals surface area (Å²) in [5.74, 6) is -0.765. The molecule has 0 spiro atoms. The van der Waals surface area contributed by atoms with Crippen LogP contribution in [0.3, 0.4) is 0 Å². The Kier molecular flexibility index (Phi) is 6.42. The number of hydrogen-bond acceptors (Lipinski definition) is 6. The van der Waals surface area contributed by atoms with Gasteiger partial charge in [-0.15, -0.1) is 0 Å². The summed E-state index contributed by atoms with van der Waals surface area (Å²) in [5.41, 5.74) is 2.12. The van der Waals surface area contributed by atoms with E-state index in [9.17, 15) is 14.7 Å². The SMILES string of the molecule is COCCN1C(=O)C(=O)/C(=C(\O)c2ccc(OC)c(OC)c2)C1c1cccc(C)c1. The van der Waals surface area contributed by atoms with Gasteiger partial charge in [-0.2, -0.15) is 0 Å². The molecule has 1 amide bonds. The van der Waals surface area contributed by atoms with Crippen LogP contribution in [0.25, 0.3) is 5.76 Å². The molecule has 2 aromatic carbocycles. The van der Waals surface area contributed by atoms with Crippen molar-refractivity contribution in [1.82, 2.24) is 4.90 Å². The molecule has 0 bridgehead atoms. The molecule has 1 aliphatic heterocycles. The maximum Gasteiger partial charge on any atom is 0.295 e. The van der Waals surface area contributed by atoms with E-state index in [1.54, 1.807) is 18.2 Å². The number of aliphatic hydroxyl groups is 1. The van der Waals surface area contributed by atoms with Gasteiger partial charge in [-0.3, -0.25) is 9.59 Å². The lowest BCUT2D eigenvalue weighted by Gasteiger charge is -2.25. The molecule has 158 valence electrons. The first-order valence-electron chi connectivity index (χ1n) is 9.49. The number of amides is 1. The Morgan fingerprint density at radius 3 is 2.40 bits per heavy atom. The van der Waals surface area contributed by atoms with E-state index >= 15 is 0 Å². The van der Waals surface area contributed by atoms with Crippen LogP contribution in [0, 0.1) is 6.92 Å². The first kappa shape index (κ1) is 21.4. The van der Waals surface area contributed by atoms with Gasteiger partial charge in [0.25, 0.3) is 11.7 Å². The fourth-order valence-electron chi connectivity index (χ4n) is 3.63. The van der Waals surface area contributed by atoms with E-state index in [0.29, 0.717) is 17.1 Å². The predicted octanol–water partition coefficient (Wildman–Crippen LogP) is 3.08. The summed E-state index contributed by atoms with van der Waals surface area (Å²) in [6.07, 6.45) is 0. The molecule has 1 fully saturated rings. The second-order valence-corrected chi connectivity index (χ2v) is 6.97. The number of nitrogens with zero attached hydrogens (tertiary/aromatic N) is 1. The smallest absolute Gasteiger partial charge is 0.295 e. The number of aryl methyl sites for hydroxylation is 1. The third kappa shape index (κ3) is 3.89. The number of methoxy groups -OCH3 is 3. The Morgan fingerprint density at radius 2 is 1.77 bits per heavy atom. The lowest BCUT2D eigenvalue weighted by molar-refractivity contribution is -0.140. The van der Waals surface area contributed by atoms with Gasteiger partial charge in [-0.1, -0.05) is 29.8 Å². The minimum absolute atomic E-state index is 0.0360. The quantitative estimate of drug-likeness (QED) is 0.428. The average Bonchev–Trinajstić information content (AvgIpc) is 3.01. The van der Waals surface area contributed by atoms with Crippen molar-refractivity contribution in [1.29, 1.82) is 0 Å². The molecule has 7 nitrogen and oxygen atoms in total. The largest absolute Gasteiger partial charge is 0.507 e. The molecule has 1 saturated heterocycles. The summed E-state index contributed by atoms with van der Waals surface area (Å²) in [6.45, 7) is 2.42. The maximum atomic E-state index is 12.9. The number of benzene rings is 2. The highest BCUT2D eigenvalue weighted by Gasteiger charge is 2.45. The van der Waals surface area contributed by atoms with Crippen molar-refractivity contribution in [2.75, 3.05) is 34.5 Å². The average molecular weight is 411 g/mol. The molecule has 3 rings (SSSR count). The van der Waals surface area contributed by atoms with E-state index < -0.39 is 17.7 Å². The first-order chi connectivity index (χ1) is 14.4. The van der Waals surface area contributed by atoms with Crippen molar-refractivity contribution in [3.8, 4) is 11.5 Å². The van der Waals surface area contributed by atoms with E-state index in [-0.39, 0.29) is 24.5 Å². The van der Waals surface area contributed by atoms with Crippen molar-refractivity contribution >= 4 is 17.4 Å². The van der Waals surface area contributed by atoms with Gasteiger partial charge in [0.1, 0.15) is 5.76 Å². The molecular weight excluding hydrogens is 386 g/mol. The van der Waals surface area contributed by atoms with Crippen LogP contribution in [0.15, 0.2) is 48.0 Å². The van der Waals surface area contributed by atoms with Crippen molar-refractivity contribution < 1.29 is 28.9 Å². The summed E-state index contributed by atoms with van der Waals surface area (Å²) < 4.78 is 15.7. The molecule has 1 aliphatic rings. The highest BCUT2D eigenvalue weighted by molar-refractivity contribution is 6.46. The van der Waals surface area contributed by atoms with Gasteiger partial charge in [0.2, 0.25) is 0 Å². The summed E-state index contributed by atoms with van der Waals surface area (Å²) in [4.78, 5) is 27.2. The fraction of sp³-hybridized carbons (Fsp3) is 0.304. The number of rotatable bonds is 7. The van der Waals surface area contributed by atoms with Crippen LogP contribution in [-0.4, -0.2) is 56.2 Å². The van der Waals surface area contributed by atoms with Gasteiger partial charge in [0.15, 0.2) is 11.5 Å². The molecule has 7 heteroatoms. The van der Waals surface area contributed by atoms with Crippen LogP contribution in [0.2, 0.25) is 0 Å². The van der Waals surface area contributed by atoms with Gasteiger partial charge >= 0.3 is 0 Å². The molecule has 1 heterocycles. The molecule has 1 unspecified atom stereocenters. The number of ketones is 1. The molecule has 1 N–H and O–H groups in total. The van der Waals surface area contributed by atoms with Gasteiger partial charge in [0.05, 0.1) is 32.4 Å². The predicted molar refractivity (Wildman–Crippen MR) is 112 cm³/mol. The van der Waals surface area contributed by atoms with E-state index in [1.165, 1.54) is 26.2 Å². The molecule has 0 radical (unpaired) electrons. The number of hydrogen-bond donors (Lipinski definition) is 1. The summed E-state index contributed by atoms with van der Waals surface area (Å²) >= 11 is 0. The van der Waals surface area contributed by atoms with Crippen LogP contribution in [0.4, 0.5) is 0 Å². The third-order valence-corrected chi connectivity index (χ3v) is 5.09. The van der Waals surface area contributed by atoms with E-state index in [4.69, 9.17) is 14.2 Å². The second kappa shape index (κ2) is 9.00. The minimum atomic E-state index is -0.732. The Hall–Kier alpha value is -3.32. The van der Waals surface area contributed by atoms with Gasteiger partial charge in [-0.05, 0) is 30.7 Å². The normalized spacial score (nSPS) is 18.0. The highest BCUT2D eigenvalue weighted by atomic mass is 16.5. The second-order valence-electron chi connectivity index (χ2n) is 6.97. The van der Waals surface area contributed by atoms with E-state index in [0.717, 1.165) is 11.1 Å². The number of likely N-dealkylation sites (tertiary alicyclic amines) is 1. The summed E-state index contributed by atoms with van der Waals surface area (Å²) in [5, 5.41) is 11.1. The first-order valence-corrected chi connectivity index (χ1v) is 9.49. The Bertz CT molecular complexity index is 997. The monoisotopic (exact) mass is 411 g/mol. The standard InChI is InChI=1S/C23H25NO6/c1-14-6-5-7-15(12-14)20-19(22(26)23(27)24(20)10-11-28-2)21(25)16-8-9-17(29-3)18(13-16)30-4/h5-9,12-13,20,25H,10-11H2,1-4H3/b21-19-. The summed E-state index contributed by atoms with van der Waals surface area (Å²) in [7, 11) is 4.52. The maximum absolute atomic E-state index is 12.9. The Balaban J connectivity index is 2.18. The highest BCUT2D eigenvalue weighted by Crippen LogP contribution is 2.40. The number of aliphatic hydroxyl groups excluding tert-OH is 1. The molecule has 0 aliphatic carbocycles. The number of carbonyl (C=O) groups excluding carboxylic acids is 2. The van der Waals surface area contributed by atoms with Crippen LogP contribution in [0.5, 0.6) is 11.5 Å². The summed E-state index contributed by atoms with van der Waals surface area (Å²) in [6, 6.07) is 11.6. The third-order valence-electron chi connectivity index (χ3n) is 5.09. The lowest BCUT2D eigenvalue weighted by atomic mass is 9.94. The van der Waals surface area contributed by atoms with Crippen LogP contribution in [-0.2, 0) is 14.3 Å². The van der Waals surface area contributed by atoms with Crippen molar-refractivity contribution in [2.24, 2.45) is 0 Å². The van der Waals surface area contributed by atoms with E-state index in [1.807, 2.05) is 31.2 Å². The van der Waals surface area contributed by atoms with Gasteiger partial charge in [-0.25, -0.2) is 0 Å². The van der Waals surface area contributed by atoms with Crippen molar-refractivity contribution in [2.45, 2.75) is 13.0 Å². The van der Waals surface area contributed by atoms with Crippen LogP contribution in [0.1, 0.15) is 22.7 Å². The molecule has 2 aromatic rings. The molecule has 0 saturated carbocycles. The van der Waals surface area contributed by atoms with E-state index in [2.05, 4.69) is 0 Å². The lowest BCUT2D eigenvalue weighted by Crippen LogP contribution is -2.32. The number of carbonyl (C=O) groups is 2. The molecule has 0 aromatic heterocycles. The topological polar surface area (TPSA) is 85.3 Å². The Labute approximate surface area is 175 Å². The molecule has 1 atom stereocenters. The van der Waals surface area contributed by atoms with Gasteiger partial charge < -0.3 is 24.2 Å². The zero-order chi connectivity index (χ0) is 21.8. The minimum Gasteiger partial charge on any atom is -0.507 e. The Morgan fingerprint density at radius 1 is 1.03 bits per heavy atom. The number of Topliss-reactive ketones (excluding diaryl/α,β-unsaturated/α-hetero) is 1. The van der Waals surface area contributed by atoms with Crippen molar-refractivity contribution in [3.63, 3.8) is 0 Å². The molecule has 30 heavy (non-hydrogen) atoms. The number of ether oxygens (including phenoxy) is 3. The van der Waals surface area contributed by atoms with Gasteiger partial charge in [0, 0.05) is 19.2 Å². The molecular formula is C23H25NO6. The van der Waals surface area contributed by atoms with Crippen LogP contribution >= 0.6 is 0 Å². The van der Waals surface area contributed by atoms with Crippen molar-refractivity contribution in [3.05, 3.63) is 64.7 Å².